The van der Waals surface area contributed by atoms with Crippen molar-refractivity contribution >= 4 is 5.91 Å². The third-order valence-corrected chi connectivity index (χ3v) is 4.56. The standard InChI is InChI=1S/C17H26N2O/c1-12-7-3-5-9-15(12)13(2)19-17(20)16-10-6-4-8-14(16)11-18/h3,5,7,9,13-14,16H,4,6,8,10-11,18H2,1-2H3,(H,19,20)/t13-,14?,16?/m0/s1. The molecule has 2 rings (SSSR count). The van der Waals surface area contributed by atoms with Gasteiger partial charge >= 0.3 is 0 Å². The summed E-state index contributed by atoms with van der Waals surface area (Å²) in [4.78, 5) is 12.5. The van der Waals surface area contributed by atoms with E-state index in [0.717, 1.165) is 19.3 Å². The Morgan fingerprint density at radius 1 is 1.35 bits per heavy atom. The van der Waals surface area contributed by atoms with Crippen LogP contribution in [0.5, 0.6) is 0 Å². The van der Waals surface area contributed by atoms with Crippen LogP contribution in [0.4, 0.5) is 0 Å². The molecule has 3 atom stereocenters. The monoisotopic (exact) mass is 274 g/mol. The van der Waals surface area contributed by atoms with Gasteiger partial charge in [-0.3, -0.25) is 4.79 Å². The van der Waals surface area contributed by atoms with Crippen LogP contribution in [-0.2, 0) is 4.79 Å². The first kappa shape index (κ1) is 15.0. The van der Waals surface area contributed by atoms with Crippen LogP contribution in [0.2, 0.25) is 0 Å². The molecule has 3 N–H and O–H groups in total. The summed E-state index contributed by atoms with van der Waals surface area (Å²) in [6.07, 6.45) is 4.42. The SMILES string of the molecule is Cc1ccccc1[C@H](C)NC(=O)C1CCCCC1CN. The van der Waals surface area contributed by atoms with E-state index in [4.69, 9.17) is 5.73 Å². The number of carbonyl (C=O) groups is 1. The maximum Gasteiger partial charge on any atom is 0.223 e. The van der Waals surface area contributed by atoms with Crippen LogP contribution in [0.25, 0.3) is 0 Å². The van der Waals surface area contributed by atoms with Gasteiger partial charge in [-0.1, -0.05) is 37.1 Å². The van der Waals surface area contributed by atoms with E-state index in [9.17, 15) is 4.79 Å². The second-order valence-electron chi connectivity index (χ2n) is 5.97. The van der Waals surface area contributed by atoms with E-state index < -0.39 is 0 Å². The van der Waals surface area contributed by atoms with Crippen molar-refractivity contribution in [3.63, 3.8) is 0 Å². The van der Waals surface area contributed by atoms with Crippen molar-refractivity contribution in [1.29, 1.82) is 0 Å². The Morgan fingerprint density at radius 3 is 2.75 bits per heavy atom. The summed E-state index contributed by atoms with van der Waals surface area (Å²) in [6.45, 7) is 4.76. The molecule has 0 saturated heterocycles. The molecule has 0 aliphatic heterocycles. The number of nitrogens with two attached hydrogens (primary N) is 1. The number of amides is 1. The number of benzene rings is 1. The van der Waals surface area contributed by atoms with Crippen molar-refractivity contribution in [3.05, 3.63) is 35.4 Å². The molecule has 110 valence electrons. The summed E-state index contributed by atoms with van der Waals surface area (Å²) in [5, 5.41) is 3.18. The van der Waals surface area contributed by atoms with Gasteiger partial charge in [0.05, 0.1) is 6.04 Å². The molecule has 0 radical (unpaired) electrons. The van der Waals surface area contributed by atoms with Gasteiger partial charge in [0, 0.05) is 5.92 Å². The molecule has 1 fully saturated rings. The highest BCUT2D eigenvalue weighted by Gasteiger charge is 2.30. The topological polar surface area (TPSA) is 55.1 Å². The average molecular weight is 274 g/mol. The summed E-state index contributed by atoms with van der Waals surface area (Å²) < 4.78 is 0. The van der Waals surface area contributed by atoms with E-state index in [2.05, 4.69) is 31.3 Å². The normalized spacial score (nSPS) is 24.1. The Balaban J connectivity index is 2.02. The van der Waals surface area contributed by atoms with Crippen molar-refractivity contribution < 1.29 is 4.79 Å². The average Bonchev–Trinajstić information content (AvgIpc) is 2.47. The molecule has 0 aromatic heterocycles. The molecule has 3 heteroatoms. The highest BCUT2D eigenvalue weighted by Crippen LogP contribution is 2.30. The molecule has 1 aliphatic rings. The first-order chi connectivity index (χ1) is 9.63. The molecule has 3 nitrogen and oxygen atoms in total. The van der Waals surface area contributed by atoms with Gasteiger partial charge < -0.3 is 11.1 Å². The zero-order chi connectivity index (χ0) is 14.5. The van der Waals surface area contributed by atoms with E-state index in [1.165, 1.54) is 17.5 Å². The minimum Gasteiger partial charge on any atom is -0.349 e. The van der Waals surface area contributed by atoms with Gasteiger partial charge in [0.2, 0.25) is 5.91 Å². The van der Waals surface area contributed by atoms with Crippen LogP contribution in [0.3, 0.4) is 0 Å². The van der Waals surface area contributed by atoms with Gasteiger partial charge in [0.15, 0.2) is 0 Å². The molecule has 0 heterocycles. The second-order valence-corrected chi connectivity index (χ2v) is 5.97. The smallest absolute Gasteiger partial charge is 0.223 e. The largest absolute Gasteiger partial charge is 0.349 e. The number of hydrogen-bond acceptors (Lipinski definition) is 2. The lowest BCUT2D eigenvalue weighted by Crippen LogP contribution is -2.40. The maximum absolute atomic E-state index is 12.5. The number of hydrogen-bond donors (Lipinski definition) is 2. The first-order valence-corrected chi connectivity index (χ1v) is 7.69. The van der Waals surface area contributed by atoms with Crippen molar-refractivity contribution in [3.8, 4) is 0 Å². The maximum atomic E-state index is 12.5. The minimum absolute atomic E-state index is 0.0593. The van der Waals surface area contributed by atoms with E-state index in [1.807, 2.05) is 12.1 Å². The Hall–Kier alpha value is -1.35. The molecule has 0 spiro atoms. The number of rotatable bonds is 4. The Morgan fingerprint density at radius 2 is 2.05 bits per heavy atom. The number of aryl methyl sites for hydroxylation is 1. The molecule has 1 aromatic carbocycles. The molecule has 1 aliphatic carbocycles. The molecular formula is C17H26N2O. The Bertz CT molecular complexity index is 458. The predicted octanol–water partition coefficient (Wildman–Crippen LogP) is 2.94. The highest BCUT2D eigenvalue weighted by molar-refractivity contribution is 5.79. The molecular weight excluding hydrogens is 248 g/mol. The first-order valence-electron chi connectivity index (χ1n) is 7.69. The molecule has 0 bridgehead atoms. The van der Waals surface area contributed by atoms with Crippen LogP contribution in [0.1, 0.15) is 49.8 Å². The Labute approximate surface area is 121 Å². The molecule has 2 unspecified atom stereocenters. The zero-order valence-corrected chi connectivity index (χ0v) is 12.6. The molecule has 1 saturated carbocycles. The van der Waals surface area contributed by atoms with Crippen LogP contribution >= 0.6 is 0 Å². The Kier molecular flexibility index (Phi) is 5.18. The van der Waals surface area contributed by atoms with Gasteiger partial charge in [-0.2, -0.15) is 0 Å². The number of nitrogens with one attached hydrogen (secondary N) is 1. The second kappa shape index (κ2) is 6.89. The molecule has 20 heavy (non-hydrogen) atoms. The molecule has 1 aromatic rings. The zero-order valence-electron chi connectivity index (χ0n) is 12.6. The summed E-state index contributed by atoms with van der Waals surface area (Å²) in [6, 6.07) is 8.28. The third-order valence-electron chi connectivity index (χ3n) is 4.56. The summed E-state index contributed by atoms with van der Waals surface area (Å²) in [5.74, 6) is 0.629. The van der Waals surface area contributed by atoms with Gasteiger partial charge in [-0.05, 0) is 50.3 Å². The quantitative estimate of drug-likeness (QED) is 0.887. The highest BCUT2D eigenvalue weighted by atomic mass is 16.1. The van der Waals surface area contributed by atoms with Crippen LogP contribution < -0.4 is 11.1 Å². The van der Waals surface area contributed by atoms with Crippen LogP contribution in [-0.4, -0.2) is 12.5 Å². The fraction of sp³-hybridized carbons (Fsp3) is 0.588. The van der Waals surface area contributed by atoms with Gasteiger partial charge in [-0.15, -0.1) is 0 Å². The fourth-order valence-electron chi connectivity index (χ4n) is 3.31. The van der Waals surface area contributed by atoms with E-state index in [0.29, 0.717) is 12.5 Å². The summed E-state index contributed by atoms with van der Waals surface area (Å²) in [5.41, 5.74) is 8.23. The van der Waals surface area contributed by atoms with Gasteiger partial charge in [-0.25, -0.2) is 0 Å². The lowest BCUT2D eigenvalue weighted by Gasteiger charge is -2.30. The summed E-state index contributed by atoms with van der Waals surface area (Å²) >= 11 is 0. The van der Waals surface area contributed by atoms with Crippen molar-refractivity contribution in [2.45, 2.75) is 45.6 Å². The van der Waals surface area contributed by atoms with Gasteiger partial charge in [0.25, 0.3) is 0 Å². The van der Waals surface area contributed by atoms with Crippen molar-refractivity contribution in [2.75, 3.05) is 6.54 Å². The minimum atomic E-state index is 0.0593. The molecule has 1 amide bonds. The lowest BCUT2D eigenvalue weighted by atomic mass is 9.78. The van der Waals surface area contributed by atoms with Gasteiger partial charge in [0.1, 0.15) is 0 Å². The third kappa shape index (κ3) is 3.40. The van der Waals surface area contributed by atoms with Crippen molar-refractivity contribution in [2.24, 2.45) is 17.6 Å². The predicted molar refractivity (Wildman–Crippen MR) is 82.2 cm³/mol. The lowest BCUT2D eigenvalue weighted by molar-refractivity contribution is -0.128. The van der Waals surface area contributed by atoms with E-state index >= 15 is 0 Å². The summed E-state index contributed by atoms with van der Waals surface area (Å²) in [7, 11) is 0. The van der Waals surface area contributed by atoms with E-state index in [-0.39, 0.29) is 17.9 Å². The fourth-order valence-corrected chi connectivity index (χ4v) is 3.31. The van der Waals surface area contributed by atoms with E-state index in [1.54, 1.807) is 0 Å². The van der Waals surface area contributed by atoms with Crippen LogP contribution in [0, 0.1) is 18.8 Å². The number of carbonyl (C=O) groups excluding carboxylic acids is 1. The van der Waals surface area contributed by atoms with Crippen LogP contribution in [0.15, 0.2) is 24.3 Å². The van der Waals surface area contributed by atoms with Crippen molar-refractivity contribution in [1.82, 2.24) is 5.32 Å².